The SMILES string of the molecule is C[C@H](NCc1c(C(=O)O)cnn1C)c1cccnc1. The van der Waals surface area contributed by atoms with E-state index in [-0.39, 0.29) is 11.6 Å². The van der Waals surface area contributed by atoms with Gasteiger partial charge in [0, 0.05) is 32.0 Å². The van der Waals surface area contributed by atoms with Crippen LogP contribution < -0.4 is 5.32 Å². The van der Waals surface area contributed by atoms with Crippen LogP contribution in [-0.4, -0.2) is 25.8 Å². The number of aromatic carboxylic acids is 1. The second-order valence-corrected chi connectivity index (χ2v) is 4.32. The van der Waals surface area contributed by atoms with Crippen molar-refractivity contribution in [3.05, 3.63) is 47.5 Å². The second-order valence-electron chi connectivity index (χ2n) is 4.32. The zero-order valence-corrected chi connectivity index (χ0v) is 10.9. The van der Waals surface area contributed by atoms with Gasteiger partial charge < -0.3 is 10.4 Å². The molecule has 100 valence electrons. The summed E-state index contributed by atoms with van der Waals surface area (Å²) < 4.78 is 1.58. The van der Waals surface area contributed by atoms with Gasteiger partial charge in [0.05, 0.1) is 11.9 Å². The van der Waals surface area contributed by atoms with Crippen molar-refractivity contribution in [3.63, 3.8) is 0 Å². The third-order valence-corrected chi connectivity index (χ3v) is 3.05. The number of aromatic nitrogens is 3. The Morgan fingerprint density at radius 2 is 2.32 bits per heavy atom. The minimum atomic E-state index is -0.959. The number of nitrogens with one attached hydrogen (secondary N) is 1. The molecule has 19 heavy (non-hydrogen) atoms. The van der Waals surface area contributed by atoms with E-state index in [0.29, 0.717) is 12.2 Å². The maximum absolute atomic E-state index is 11.1. The number of hydrogen-bond donors (Lipinski definition) is 2. The van der Waals surface area contributed by atoms with Crippen LogP contribution in [0.2, 0.25) is 0 Å². The van der Waals surface area contributed by atoms with E-state index in [1.54, 1.807) is 24.1 Å². The quantitative estimate of drug-likeness (QED) is 0.848. The molecule has 2 aromatic rings. The Morgan fingerprint density at radius 3 is 2.95 bits per heavy atom. The fourth-order valence-corrected chi connectivity index (χ4v) is 1.85. The van der Waals surface area contributed by atoms with Crippen LogP contribution in [0.4, 0.5) is 0 Å². The molecule has 0 aliphatic heterocycles. The van der Waals surface area contributed by atoms with Crippen molar-refractivity contribution in [1.29, 1.82) is 0 Å². The molecule has 0 aliphatic rings. The molecular formula is C13H16N4O2. The Kier molecular flexibility index (Phi) is 3.91. The highest BCUT2D eigenvalue weighted by Gasteiger charge is 2.15. The summed E-state index contributed by atoms with van der Waals surface area (Å²) in [6, 6.07) is 3.94. The molecule has 0 radical (unpaired) electrons. The van der Waals surface area contributed by atoms with Crippen LogP contribution in [0.1, 0.15) is 34.6 Å². The lowest BCUT2D eigenvalue weighted by molar-refractivity contribution is 0.0695. The average molecular weight is 260 g/mol. The van der Waals surface area contributed by atoms with Crippen molar-refractivity contribution < 1.29 is 9.90 Å². The number of hydrogen-bond acceptors (Lipinski definition) is 4. The molecule has 2 N–H and O–H groups in total. The summed E-state index contributed by atoms with van der Waals surface area (Å²) in [5, 5.41) is 16.3. The fraction of sp³-hybridized carbons (Fsp3) is 0.308. The summed E-state index contributed by atoms with van der Waals surface area (Å²) in [7, 11) is 1.73. The zero-order valence-electron chi connectivity index (χ0n) is 10.9. The van der Waals surface area contributed by atoms with E-state index in [2.05, 4.69) is 15.4 Å². The van der Waals surface area contributed by atoms with Gasteiger partial charge in [-0.25, -0.2) is 4.79 Å². The highest BCUT2D eigenvalue weighted by Crippen LogP contribution is 2.13. The fourth-order valence-electron chi connectivity index (χ4n) is 1.85. The van der Waals surface area contributed by atoms with Crippen LogP contribution in [-0.2, 0) is 13.6 Å². The van der Waals surface area contributed by atoms with E-state index in [1.165, 1.54) is 6.20 Å². The molecule has 0 aromatic carbocycles. The van der Waals surface area contributed by atoms with E-state index >= 15 is 0 Å². The molecule has 0 bridgehead atoms. The molecule has 0 unspecified atom stereocenters. The van der Waals surface area contributed by atoms with E-state index in [9.17, 15) is 4.79 Å². The number of aryl methyl sites for hydroxylation is 1. The molecule has 0 aliphatic carbocycles. The van der Waals surface area contributed by atoms with Gasteiger partial charge in [0.25, 0.3) is 0 Å². The Labute approximate surface area is 111 Å². The van der Waals surface area contributed by atoms with Gasteiger partial charge in [0.2, 0.25) is 0 Å². The summed E-state index contributed by atoms with van der Waals surface area (Å²) in [5.41, 5.74) is 1.94. The molecule has 1 atom stereocenters. The summed E-state index contributed by atoms with van der Waals surface area (Å²) in [4.78, 5) is 15.1. The second kappa shape index (κ2) is 5.62. The predicted molar refractivity (Wildman–Crippen MR) is 69.7 cm³/mol. The van der Waals surface area contributed by atoms with Crippen molar-refractivity contribution in [2.45, 2.75) is 19.5 Å². The molecule has 2 heterocycles. The van der Waals surface area contributed by atoms with Gasteiger partial charge in [-0.1, -0.05) is 6.07 Å². The minimum absolute atomic E-state index is 0.0882. The first-order chi connectivity index (χ1) is 9.09. The normalized spacial score (nSPS) is 12.3. The Hall–Kier alpha value is -2.21. The highest BCUT2D eigenvalue weighted by molar-refractivity contribution is 5.88. The largest absolute Gasteiger partial charge is 0.478 e. The van der Waals surface area contributed by atoms with Crippen LogP contribution in [0.3, 0.4) is 0 Å². The van der Waals surface area contributed by atoms with Gasteiger partial charge in [0.15, 0.2) is 0 Å². The predicted octanol–water partition coefficient (Wildman–Crippen LogP) is 1.36. The number of carboxylic acids is 1. The lowest BCUT2D eigenvalue weighted by Gasteiger charge is -2.14. The number of pyridine rings is 1. The van der Waals surface area contributed by atoms with Crippen molar-refractivity contribution in [2.24, 2.45) is 7.05 Å². The monoisotopic (exact) mass is 260 g/mol. The van der Waals surface area contributed by atoms with Gasteiger partial charge in [-0.05, 0) is 18.6 Å². The molecule has 0 saturated heterocycles. The number of carboxylic acid groups (broad SMARTS) is 1. The zero-order chi connectivity index (χ0) is 13.8. The first-order valence-electron chi connectivity index (χ1n) is 5.97. The topological polar surface area (TPSA) is 80.0 Å². The Bertz CT molecular complexity index is 565. The van der Waals surface area contributed by atoms with E-state index in [1.807, 2.05) is 19.1 Å². The summed E-state index contributed by atoms with van der Waals surface area (Å²) in [6.45, 7) is 2.45. The van der Waals surface area contributed by atoms with Gasteiger partial charge in [-0.3, -0.25) is 9.67 Å². The third kappa shape index (κ3) is 2.97. The van der Waals surface area contributed by atoms with Crippen molar-refractivity contribution >= 4 is 5.97 Å². The molecule has 2 aromatic heterocycles. The molecule has 2 rings (SSSR count). The van der Waals surface area contributed by atoms with Crippen molar-refractivity contribution in [3.8, 4) is 0 Å². The summed E-state index contributed by atoms with van der Waals surface area (Å²) in [6.07, 6.45) is 4.88. The van der Waals surface area contributed by atoms with Gasteiger partial charge in [-0.15, -0.1) is 0 Å². The Balaban J connectivity index is 2.07. The van der Waals surface area contributed by atoms with Crippen LogP contribution >= 0.6 is 0 Å². The van der Waals surface area contributed by atoms with Crippen molar-refractivity contribution in [2.75, 3.05) is 0 Å². The van der Waals surface area contributed by atoms with E-state index < -0.39 is 5.97 Å². The standard InChI is InChI=1S/C13H16N4O2/c1-9(10-4-3-5-14-6-10)15-8-12-11(13(18)19)7-16-17(12)2/h3-7,9,15H,8H2,1-2H3,(H,18,19)/t9-/m0/s1. The van der Waals surface area contributed by atoms with Crippen molar-refractivity contribution in [1.82, 2.24) is 20.1 Å². The number of carbonyl (C=O) groups is 1. The van der Waals surface area contributed by atoms with Gasteiger partial charge >= 0.3 is 5.97 Å². The number of rotatable bonds is 5. The Morgan fingerprint density at radius 1 is 1.53 bits per heavy atom. The third-order valence-electron chi connectivity index (χ3n) is 3.05. The average Bonchev–Trinajstić information content (AvgIpc) is 2.78. The molecule has 0 fully saturated rings. The molecule has 6 nitrogen and oxygen atoms in total. The first kappa shape index (κ1) is 13.2. The molecular weight excluding hydrogens is 244 g/mol. The molecule has 0 spiro atoms. The van der Waals surface area contributed by atoms with E-state index in [0.717, 1.165) is 5.56 Å². The molecule has 0 saturated carbocycles. The molecule has 6 heteroatoms. The van der Waals surface area contributed by atoms with E-state index in [4.69, 9.17) is 5.11 Å². The smallest absolute Gasteiger partial charge is 0.339 e. The van der Waals surface area contributed by atoms with Gasteiger partial charge in [0.1, 0.15) is 5.56 Å². The van der Waals surface area contributed by atoms with Gasteiger partial charge in [-0.2, -0.15) is 5.10 Å². The van der Waals surface area contributed by atoms with Crippen LogP contribution in [0.15, 0.2) is 30.7 Å². The highest BCUT2D eigenvalue weighted by atomic mass is 16.4. The first-order valence-corrected chi connectivity index (χ1v) is 5.97. The molecule has 0 amide bonds. The van der Waals surface area contributed by atoms with Crippen LogP contribution in [0.25, 0.3) is 0 Å². The van der Waals surface area contributed by atoms with Crippen LogP contribution in [0, 0.1) is 0 Å². The summed E-state index contributed by atoms with van der Waals surface area (Å²) in [5.74, 6) is -0.959. The lowest BCUT2D eigenvalue weighted by Crippen LogP contribution is -2.21. The number of nitrogens with zero attached hydrogens (tertiary/aromatic N) is 3. The maximum atomic E-state index is 11.1. The maximum Gasteiger partial charge on any atom is 0.339 e. The summed E-state index contributed by atoms with van der Waals surface area (Å²) >= 11 is 0. The van der Waals surface area contributed by atoms with Crippen LogP contribution in [0.5, 0.6) is 0 Å². The minimum Gasteiger partial charge on any atom is -0.478 e. The lowest BCUT2D eigenvalue weighted by atomic mass is 10.1.